The molecular weight excluding hydrogens is 464 g/mol. The maximum absolute atomic E-state index is 13.3. The van der Waals surface area contributed by atoms with Gasteiger partial charge in [-0.05, 0) is 55.8 Å². The number of hydrogen-bond acceptors (Lipinski definition) is 8. The average Bonchev–Trinajstić information content (AvgIpc) is 3.32. The van der Waals surface area contributed by atoms with Crippen molar-refractivity contribution in [1.82, 2.24) is 0 Å². The van der Waals surface area contributed by atoms with Gasteiger partial charge in [0, 0.05) is 0 Å². The zero-order chi connectivity index (χ0) is 25.1. The number of hydrogen-bond donors (Lipinski definition) is 2. The van der Waals surface area contributed by atoms with Gasteiger partial charge in [0.05, 0.1) is 27.8 Å². The quantitative estimate of drug-likeness (QED) is 0.349. The van der Waals surface area contributed by atoms with Crippen LogP contribution >= 0.6 is 0 Å². The average molecular weight is 484 g/mol. The largest absolute Gasteiger partial charge is 0.507 e. The van der Waals surface area contributed by atoms with E-state index in [0.29, 0.717) is 27.8 Å². The third-order valence-corrected chi connectivity index (χ3v) is 6.44. The minimum Gasteiger partial charge on any atom is -0.507 e. The molecule has 0 fully saturated rings. The van der Waals surface area contributed by atoms with Gasteiger partial charge < -0.3 is 28.5 Å². The van der Waals surface area contributed by atoms with Crippen molar-refractivity contribution in [3.63, 3.8) is 0 Å². The molecule has 5 aromatic rings. The summed E-state index contributed by atoms with van der Waals surface area (Å²) in [5.74, 6) is -1.04. The van der Waals surface area contributed by atoms with Gasteiger partial charge in [0.25, 0.3) is 0 Å². The Kier molecular flexibility index (Phi) is 4.79. The second kappa shape index (κ2) is 7.91. The number of ether oxygens (including phenoxy) is 2. The van der Waals surface area contributed by atoms with Crippen LogP contribution in [0.3, 0.4) is 0 Å². The summed E-state index contributed by atoms with van der Waals surface area (Å²) in [6.45, 7) is 3.70. The summed E-state index contributed by atoms with van der Waals surface area (Å²) in [5.41, 5.74) is 0.334. The van der Waals surface area contributed by atoms with Crippen LogP contribution in [-0.4, -0.2) is 17.0 Å². The van der Waals surface area contributed by atoms with Gasteiger partial charge in [-0.25, -0.2) is 9.59 Å². The first kappa shape index (κ1) is 21.8. The lowest BCUT2D eigenvalue weighted by molar-refractivity contribution is 0.174. The summed E-state index contributed by atoms with van der Waals surface area (Å²) in [5, 5.41) is 23.3. The van der Waals surface area contributed by atoms with Gasteiger partial charge >= 0.3 is 11.3 Å². The van der Waals surface area contributed by atoms with Crippen molar-refractivity contribution in [2.24, 2.45) is 0 Å². The highest BCUT2D eigenvalue weighted by atomic mass is 16.7. The van der Waals surface area contributed by atoms with E-state index in [9.17, 15) is 19.8 Å². The van der Waals surface area contributed by atoms with Gasteiger partial charge in [-0.2, -0.15) is 0 Å². The van der Waals surface area contributed by atoms with Crippen LogP contribution in [0.25, 0.3) is 21.9 Å². The van der Waals surface area contributed by atoms with Crippen molar-refractivity contribution in [2.75, 3.05) is 6.79 Å². The molecule has 3 heterocycles. The Balaban J connectivity index is 1.72. The Labute approximate surface area is 203 Å². The number of aryl methyl sites for hydroxylation is 2. The molecule has 1 aliphatic rings. The molecule has 0 bridgehead atoms. The topological polar surface area (TPSA) is 119 Å². The maximum atomic E-state index is 13.3. The van der Waals surface area contributed by atoms with Crippen molar-refractivity contribution in [3.8, 4) is 23.0 Å². The summed E-state index contributed by atoms with van der Waals surface area (Å²) >= 11 is 0. The van der Waals surface area contributed by atoms with Crippen LogP contribution in [-0.2, 0) is 0 Å². The minimum atomic E-state index is -1.23. The summed E-state index contributed by atoms with van der Waals surface area (Å²) < 4.78 is 22.0. The normalized spacial score (nSPS) is 12.6. The van der Waals surface area contributed by atoms with Crippen LogP contribution in [0.15, 0.2) is 73.0 Å². The molecule has 2 N–H and O–H groups in total. The summed E-state index contributed by atoms with van der Waals surface area (Å²) in [6.07, 6.45) is 0. The molecule has 0 radical (unpaired) electrons. The van der Waals surface area contributed by atoms with Crippen molar-refractivity contribution in [2.45, 2.75) is 19.8 Å². The van der Waals surface area contributed by atoms with Crippen LogP contribution < -0.4 is 20.7 Å². The smallest absolute Gasteiger partial charge is 0.344 e. The van der Waals surface area contributed by atoms with Gasteiger partial charge in [-0.3, -0.25) is 0 Å². The van der Waals surface area contributed by atoms with Crippen LogP contribution in [0.1, 0.15) is 33.7 Å². The third kappa shape index (κ3) is 3.30. The lowest BCUT2D eigenvalue weighted by Gasteiger charge is -2.20. The molecule has 36 heavy (non-hydrogen) atoms. The van der Waals surface area contributed by atoms with E-state index >= 15 is 0 Å². The predicted molar refractivity (Wildman–Crippen MR) is 131 cm³/mol. The highest BCUT2D eigenvalue weighted by Crippen LogP contribution is 2.44. The summed E-state index contributed by atoms with van der Waals surface area (Å²) in [6, 6.07) is 14.9. The van der Waals surface area contributed by atoms with E-state index in [-0.39, 0.29) is 40.6 Å². The molecule has 180 valence electrons. The van der Waals surface area contributed by atoms with E-state index in [0.717, 1.165) is 11.1 Å². The summed E-state index contributed by atoms with van der Waals surface area (Å²) in [7, 11) is 0. The number of fused-ring (bicyclic) bond motifs is 3. The summed E-state index contributed by atoms with van der Waals surface area (Å²) in [4.78, 5) is 26.6. The van der Waals surface area contributed by atoms with Crippen molar-refractivity contribution >= 4 is 21.9 Å². The van der Waals surface area contributed by atoms with Gasteiger partial charge in [0.1, 0.15) is 22.7 Å². The Morgan fingerprint density at radius 3 is 1.78 bits per heavy atom. The van der Waals surface area contributed by atoms with Crippen LogP contribution in [0.2, 0.25) is 0 Å². The van der Waals surface area contributed by atoms with Crippen LogP contribution in [0, 0.1) is 13.8 Å². The van der Waals surface area contributed by atoms with E-state index in [1.807, 2.05) is 13.8 Å². The van der Waals surface area contributed by atoms with Gasteiger partial charge in [-0.1, -0.05) is 29.3 Å². The zero-order valence-electron chi connectivity index (χ0n) is 19.3. The molecule has 0 atom stereocenters. The fourth-order valence-corrected chi connectivity index (χ4v) is 4.71. The highest BCUT2D eigenvalue weighted by molar-refractivity contribution is 5.87. The van der Waals surface area contributed by atoms with E-state index in [1.165, 1.54) is 0 Å². The van der Waals surface area contributed by atoms with Gasteiger partial charge in [0.2, 0.25) is 6.79 Å². The molecule has 1 aliphatic heterocycles. The third-order valence-electron chi connectivity index (χ3n) is 6.44. The lowest BCUT2D eigenvalue weighted by atomic mass is 9.84. The minimum absolute atomic E-state index is 0.0226. The first-order chi connectivity index (χ1) is 17.3. The lowest BCUT2D eigenvalue weighted by Crippen LogP contribution is -2.21. The van der Waals surface area contributed by atoms with Crippen LogP contribution in [0.4, 0.5) is 0 Å². The molecule has 3 aromatic carbocycles. The predicted octanol–water partition coefficient (Wildman–Crippen LogP) is 4.84. The van der Waals surface area contributed by atoms with E-state index in [4.69, 9.17) is 18.3 Å². The Morgan fingerprint density at radius 2 is 1.22 bits per heavy atom. The molecule has 6 rings (SSSR count). The number of aromatic hydroxyl groups is 2. The SMILES string of the molecule is Cc1ccc2oc(=O)c(C(c3ccc4c(c3)OCO4)c3c(O)c4cc(C)ccc4oc3=O)c(O)c2c1. The van der Waals surface area contributed by atoms with E-state index in [1.54, 1.807) is 54.6 Å². The second-order valence-corrected chi connectivity index (χ2v) is 8.85. The Hall–Kier alpha value is -4.72. The molecule has 8 nitrogen and oxygen atoms in total. The fraction of sp³-hybridized carbons (Fsp3) is 0.143. The molecule has 0 spiro atoms. The molecule has 0 saturated heterocycles. The molecule has 0 aliphatic carbocycles. The van der Waals surface area contributed by atoms with Crippen LogP contribution in [0.5, 0.6) is 23.0 Å². The van der Waals surface area contributed by atoms with Crippen molar-refractivity contribution in [3.05, 3.63) is 103 Å². The Morgan fingerprint density at radius 1 is 0.694 bits per heavy atom. The van der Waals surface area contributed by atoms with E-state index in [2.05, 4.69) is 0 Å². The fourth-order valence-electron chi connectivity index (χ4n) is 4.71. The van der Waals surface area contributed by atoms with E-state index < -0.39 is 17.2 Å². The molecule has 0 unspecified atom stereocenters. The number of benzene rings is 3. The molecule has 0 amide bonds. The standard InChI is InChI=1S/C28H20O8/c1-13-3-6-18-16(9-13)25(29)23(27(31)35-18)22(15-5-8-20-21(11-15)34-12-33-20)24-26(30)17-10-14(2)4-7-19(17)36-28(24)32/h3-11,22,29-30H,12H2,1-2H3. The van der Waals surface area contributed by atoms with Gasteiger partial charge in [0.15, 0.2) is 11.5 Å². The highest BCUT2D eigenvalue weighted by Gasteiger charge is 2.33. The second-order valence-electron chi connectivity index (χ2n) is 8.85. The monoisotopic (exact) mass is 484 g/mol. The Bertz CT molecular complexity index is 1710. The molecule has 8 heteroatoms. The van der Waals surface area contributed by atoms with Crippen molar-refractivity contribution in [1.29, 1.82) is 0 Å². The molecular formula is C28H20O8. The number of rotatable bonds is 3. The zero-order valence-corrected chi connectivity index (χ0v) is 19.3. The molecule has 0 saturated carbocycles. The van der Waals surface area contributed by atoms with Crippen molar-refractivity contribution < 1.29 is 28.5 Å². The first-order valence-electron chi connectivity index (χ1n) is 11.2. The van der Waals surface area contributed by atoms with Gasteiger partial charge in [-0.15, -0.1) is 0 Å². The molecule has 2 aromatic heterocycles. The maximum Gasteiger partial charge on any atom is 0.344 e. The first-order valence-corrected chi connectivity index (χ1v) is 11.2.